The highest BCUT2D eigenvalue weighted by atomic mass is 79.9. The molecule has 9 heteroatoms. The van der Waals surface area contributed by atoms with Crippen molar-refractivity contribution in [2.24, 2.45) is 0 Å². The summed E-state index contributed by atoms with van der Waals surface area (Å²) in [6, 6.07) is 0. The van der Waals surface area contributed by atoms with Crippen LogP contribution in [0, 0.1) is 0 Å². The molecule has 18 heavy (non-hydrogen) atoms. The van der Waals surface area contributed by atoms with E-state index in [4.69, 9.17) is 5.11 Å². The minimum absolute atomic E-state index is 0.141. The topological polar surface area (TPSA) is 79.7 Å². The number of hydrogen-bond acceptors (Lipinski definition) is 4. The van der Waals surface area contributed by atoms with Crippen LogP contribution in [-0.4, -0.2) is 27.5 Å². The first kappa shape index (κ1) is 14.6. The van der Waals surface area contributed by atoms with Crippen molar-refractivity contribution in [2.75, 3.05) is 0 Å². The van der Waals surface area contributed by atoms with Gasteiger partial charge in [0.15, 0.2) is 5.75 Å². The summed E-state index contributed by atoms with van der Waals surface area (Å²) in [7, 11) is 0. The summed E-state index contributed by atoms with van der Waals surface area (Å²) >= 11 is 3.01. The Balaban J connectivity index is 3.20. The van der Waals surface area contributed by atoms with E-state index >= 15 is 0 Å². The number of aromatic hydroxyl groups is 1. The quantitative estimate of drug-likeness (QED) is 0.828. The molecule has 1 rings (SSSR count). The zero-order valence-electron chi connectivity index (χ0n) is 8.66. The summed E-state index contributed by atoms with van der Waals surface area (Å²) in [5.74, 6) is -3.29. The molecule has 5 nitrogen and oxygen atoms in total. The van der Waals surface area contributed by atoms with Crippen LogP contribution in [0.2, 0.25) is 0 Å². The molecule has 1 aromatic heterocycles. The normalized spacial score (nSPS) is 11.3. The van der Waals surface area contributed by atoms with Crippen molar-refractivity contribution in [2.45, 2.75) is 18.1 Å². The van der Waals surface area contributed by atoms with Gasteiger partial charge < -0.3 is 14.9 Å². The molecule has 0 saturated heterocycles. The van der Waals surface area contributed by atoms with Crippen LogP contribution in [0.3, 0.4) is 0 Å². The standard InChI is InChI=1S/C9H7BrF3NO4/c10-2-4-3-14-8(18-9(11,12)13)7(17)5(4)1-6(15)16/h3,17H,1-2H2,(H,15,16). The van der Waals surface area contributed by atoms with Gasteiger partial charge in [-0.3, -0.25) is 4.79 Å². The number of aromatic nitrogens is 1. The molecule has 0 fully saturated rings. The number of hydrogen-bond donors (Lipinski definition) is 2. The average Bonchev–Trinajstić information content (AvgIpc) is 2.22. The predicted molar refractivity (Wildman–Crippen MR) is 56.6 cm³/mol. The Hall–Kier alpha value is -1.51. The number of halogens is 4. The Labute approximate surface area is 107 Å². The lowest BCUT2D eigenvalue weighted by Crippen LogP contribution is -2.18. The number of carbonyl (C=O) groups is 1. The molecule has 0 atom stereocenters. The summed E-state index contributed by atoms with van der Waals surface area (Å²) in [6.07, 6.45) is -4.64. The van der Waals surface area contributed by atoms with Gasteiger partial charge in [-0.25, -0.2) is 4.98 Å². The van der Waals surface area contributed by atoms with Gasteiger partial charge in [-0.2, -0.15) is 0 Å². The molecule has 1 aromatic rings. The SMILES string of the molecule is O=C(O)Cc1c(CBr)cnc(OC(F)(F)F)c1O. The summed E-state index contributed by atoms with van der Waals surface area (Å²) in [5.41, 5.74) is 0.0954. The van der Waals surface area contributed by atoms with Crippen LogP contribution in [0.4, 0.5) is 13.2 Å². The van der Waals surface area contributed by atoms with E-state index in [1.165, 1.54) is 0 Å². The minimum Gasteiger partial charge on any atom is -0.503 e. The fourth-order valence-electron chi connectivity index (χ4n) is 1.20. The van der Waals surface area contributed by atoms with Gasteiger partial charge in [-0.15, -0.1) is 13.2 Å². The van der Waals surface area contributed by atoms with Crippen molar-refractivity contribution < 1.29 is 32.9 Å². The average molecular weight is 330 g/mol. The fraction of sp³-hybridized carbons (Fsp3) is 0.333. The monoisotopic (exact) mass is 329 g/mol. The molecular weight excluding hydrogens is 323 g/mol. The number of ether oxygens (including phenoxy) is 1. The predicted octanol–water partition coefficient (Wildman–Crippen LogP) is 2.21. The number of rotatable bonds is 4. The van der Waals surface area contributed by atoms with E-state index in [1.54, 1.807) is 0 Å². The third-order valence-corrected chi connectivity index (χ3v) is 2.50. The second-order valence-corrected chi connectivity index (χ2v) is 3.73. The van der Waals surface area contributed by atoms with Crippen molar-refractivity contribution in [3.8, 4) is 11.6 Å². The largest absolute Gasteiger partial charge is 0.574 e. The van der Waals surface area contributed by atoms with E-state index in [2.05, 4.69) is 25.7 Å². The number of nitrogens with zero attached hydrogens (tertiary/aromatic N) is 1. The fourth-order valence-corrected chi connectivity index (χ4v) is 1.69. The summed E-state index contributed by atoms with van der Waals surface area (Å²) < 4.78 is 39.5. The maximum atomic E-state index is 12.0. The molecule has 0 aliphatic carbocycles. The number of aliphatic carboxylic acids is 1. The number of carboxylic acids is 1. The molecule has 0 radical (unpaired) electrons. The van der Waals surface area contributed by atoms with Gasteiger partial charge in [0.1, 0.15) is 0 Å². The van der Waals surface area contributed by atoms with Crippen LogP contribution in [0.1, 0.15) is 11.1 Å². The second kappa shape index (κ2) is 5.42. The van der Waals surface area contributed by atoms with Crippen molar-refractivity contribution in [1.82, 2.24) is 4.98 Å². The molecule has 0 aliphatic rings. The molecule has 0 unspecified atom stereocenters. The van der Waals surface area contributed by atoms with E-state index in [0.717, 1.165) is 6.20 Å². The van der Waals surface area contributed by atoms with Gasteiger partial charge in [0.05, 0.1) is 6.42 Å². The Bertz CT molecular complexity index is 464. The minimum atomic E-state index is -5.01. The highest BCUT2D eigenvalue weighted by Gasteiger charge is 2.34. The maximum absolute atomic E-state index is 12.0. The van der Waals surface area contributed by atoms with Crippen LogP contribution in [0.25, 0.3) is 0 Å². The molecule has 100 valence electrons. The van der Waals surface area contributed by atoms with Crippen molar-refractivity contribution in [1.29, 1.82) is 0 Å². The summed E-state index contributed by atoms with van der Waals surface area (Å²) in [6.45, 7) is 0. The molecule has 0 aliphatic heterocycles. The molecule has 0 aromatic carbocycles. The zero-order valence-corrected chi connectivity index (χ0v) is 10.2. The molecule has 0 bridgehead atoms. The van der Waals surface area contributed by atoms with E-state index < -0.39 is 30.4 Å². The Morgan fingerprint density at radius 2 is 2.11 bits per heavy atom. The molecule has 0 amide bonds. The zero-order chi connectivity index (χ0) is 13.9. The second-order valence-electron chi connectivity index (χ2n) is 3.17. The van der Waals surface area contributed by atoms with Gasteiger partial charge in [0.2, 0.25) is 0 Å². The van der Waals surface area contributed by atoms with Gasteiger partial charge in [0.25, 0.3) is 5.88 Å². The van der Waals surface area contributed by atoms with E-state index in [0.29, 0.717) is 0 Å². The molecule has 0 saturated carbocycles. The van der Waals surface area contributed by atoms with Crippen LogP contribution in [0.5, 0.6) is 11.6 Å². The first-order chi connectivity index (χ1) is 8.24. The molecule has 1 heterocycles. The molecule has 0 spiro atoms. The summed E-state index contributed by atoms with van der Waals surface area (Å²) in [4.78, 5) is 13.9. The van der Waals surface area contributed by atoms with Crippen molar-refractivity contribution in [3.63, 3.8) is 0 Å². The number of alkyl halides is 4. The van der Waals surface area contributed by atoms with Crippen LogP contribution < -0.4 is 4.74 Å². The van der Waals surface area contributed by atoms with Crippen molar-refractivity contribution in [3.05, 3.63) is 17.3 Å². The number of pyridine rings is 1. The van der Waals surface area contributed by atoms with Gasteiger partial charge >= 0.3 is 12.3 Å². The first-order valence-electron chi connectivity index (χ1n) is 4.47. The summed E-state index contributed by atoms with van der Waals surface area (Å²) in [5, 5.41) is 18.3. The Morgan fingerprint density at radius 1 is 1.50 bits per heavy atom. The molecular formula is C9H7BrF3NO4. The Kier molecular flexibility index (Phi) is 4.38. The third kappa shape index (κ3) is 3.76. The smallest absolute Gasteiger partial charge is 0.503 e. The first-order valence-corrected chi connectivity index (χ1v) is 5.60. The Morgan fingerprint density at radius 3 is 2.56 bits per heavy atom. The van der Waals surface area contributed by atoms with Crippen LogP contribution in [-0.2, 0) is 16.5 Å². The highest BCUT2D eigenvalue weighted by Crippen LogP contribution is 2.34. The van der Waals surface area contributed by atoms with Crippen molar-refractivity contribution >= 4 is 21.9 Å². The van der Waals surface area contributed by atoms with E-state index in [9.17, 15) is 23.1 Å². The number of carboxylic acid groups (broad SMARTS) is 1. The highest BCUT2D eigenvalue weighted by molar-refractivity contribution is 9.08. The van der Waals surface area contributed by atoms with Crippen LogP contribution in [0.15, 0.2) is 6.20 Å². The lowest BCUT2D eigenvalue weighted by atomic mass is 10.1. The van der Waals surface area contributed by atoms with Crippen LogP contribution >= 0.6 is 15.9 Å². The van der Waals surface area contributed by atoms with E-state index in [-0.39, 0.29) is 16.5 Å². The third-order valence-electron chi connectivity index (χ3n) is 1.90. The van der Waals surface area contributed by atoms with Gasteiger partial charge in [-0.1, -0.05) is 15.9 Å². The lowest BCUT2D eigenvalue weighted by molar-refractivity contribution is -0.276. The molecule has 2 N–H and O–H groups in total. The van der Waals surface area contributed by atoms with Gasteiger partial charge in [0, 0.05) is 17.1 Å². The van der Waals surface area contributed by atoms with E-state index in [1.807, 2.05) is 0 Å². The lowest BCUT2D eigenvalue weighted by Gasteiger charge is -2.13. The maximum Gasteiger partial charge on any atom is 0.574 e. The van der Waals surface area contributed by atoms with Gasteiger partial charge in [-0.05, 0) is 5.56 Å².